The molecule has 3 aromatic rings. The maximum Gasteiger partial charge on any atom is 0.338 e. The molecule has 4 rings (SSSR count). The van der Waals surface area contributed by atoms with Gasteiger partial charge in [0.1, 0.15) is 5.82 Å². The van der Waals surface area contributed by atoms with Crippen molar-refractivity contribution in [1.82, 2.24) is 0 Å². The Morgan fingerprint density at radius 3 is 2.23 bits per heavy atom. The van der Waals surface area contributed by atoms with Gasteiger partial charge in [-0.15, -0.1) is 11.8 Å². The van der Waals surface area contributed by atoms with E-state index in [4.69, 9.17) is 4.74 Å². The molecule has 178 valence electrons. The highest BCUT2D eigenvalue weighted by atomic mass is 32.2. The van der Waals surface area contributed by atoms with Gasteiger partial charge in [0, 0.05) is 22.6 Å². The standard InChI is InChI=1S/C26H21FN2O5S/c1-2-34-26(33)17-5-11-20(12-6-17)29-23(30)15-22(25(29)32)35-21-13-9-19(10-14-21)28-24(31)16-3-7-18(27)8-4-16/h3-14,22H,2,15H2,1H3,(H,28,31). The number of nitrogens with zero attached hydrogens (tertiary/aromatic N) is 1. The van der Waals surface area contributed by atoms with Crippen molar-refractivity contribution in [3.8, 4) is 0 Å². The van der Waals surface area contributed by atoms with Crippen molar-refractivity contribution in [3.63, 3.8) is 0 Å². The molecule has 1 unspecified atom stereocenters. The van der Waals surface area contributed by atoms with Crippen LogP contribution in [0.3, 0.4) is 0 Å². The van der Waals surface area contributed by atoms with E-state index >= 15 is 0 Å². The average Bonchev–Trinajstić information content (AvgIpc) is 3.13. The van der Waals surface area contributed by atoms with E-state index in [0.29, 0.717) is 22.5 Å². The van der Waals surface area contributed by atoms with E-state index in [-0.39, 0.29) is 30.7 Å². The number of anilines is 2. The van der Waals surface area contributed by atoms with Crippen LogP contribution in [-0.4, -0.2) is 35.5 Å². The summed E-state index contributed by atoms with van der Waals surface area (Å²) in [4.78, 5) is 51.5. The summed E-state index contributed by atoms with van der Waals surface area (Å²) >= 11 is 1.26. The van der Waals surface area contributed by atoms with Gasteiger partial charge in [-0.05, 0) is 79.7 Å². The van der Waals surface area contributed by atoms with Gasteiger partial charge in [-0.1, -0.05) is 0 Å². The van der Waals surface area contributed by atoms with Crippen molar-refractivity contribution in [2.45, 2.75) is 23.5 Å². The summed E-state index contributed by atoms with van der Waals surface area (Å²) in [6.07, 6.45) is 0.0478. The Morgan fingerprint density at radius 1 is 0.971 bits per heavy atom. The number of ether oxygens (including phenoxy) is 1. The third-order valence-electron chi connectivity index (χ3n) is 5.24. The molecule has 9 heteroatoms. The molecule has 1 aliphatic heterocycles. The number of nitrogens with one attached hydrogen (secondary N) is 1. The molecule has 1 atom stereocenters. The van der Waals surface area contributed by atoms with Crippen molar-refractivity contribution >= 4 is 46.8 Å². The molecule has 0 saturated carbocycles. The quantitative estimate of drug-likeness (QED) is 0.380. The molecule has 1 aliphatic rings. The lowest BCUT2D eigenvalue weighted by Crippen LogP contribution is -2.31. The first-order valence-electron chi connectivity index (χ1n) is 10.8. The summed E-state index contributed by atoms with van der Waals surface area (Å²) in [5.74, 6) is -1.91. The molecule has 0 aromatic heterocycles. The second kappa shape index (κ2) is 10.5. The van der Waals surface area contributed by atoms with Crippen molar-refractivity contribution < 1.29 is 28.3 Å². The minimum atomic E-state index is -0.591. The van der Waals surface area contributed by atoms with Crippen molar-refractivity contribution in [3.05, 3.63) is 89.7 Å². The summed E-state index contributed by atoms with van der Waals surface area (Å²) in [6, 6.07) is 18.2. The predicted octanol–water partition coefficient (Wildman–Crippen LogP) is 4.68. The summed E-state index contributed by atoms with van der Waals surface area (Å²) < 4.78 is 18.0. The van der Waals surface area contributed by atoms with Crippen LogP contribution in [0.5, 0.6) is 0 Å². The van der Waals surface area contributed by atoms with Crippen LogP contribution in [0.15, 0.2) is 77.7 Å². The Bertz CT molecular complexity index is 1260. The van der Waals surface area contributed by atoms with Crippen LogP contribution in [0.2, 0.25) is 0 Å². The number of hydrogen-bond acceptors (Lipinski definition) is 6. The zero-order chi connectivity index (χ0) is 24.9. The van der Waals surface area contributed by atoms with Crippen LogP contribution >= 0.6 is 11.8 Å². The molecule has 0 radical (unpaired) electrons. The molecule has 1 N–H and O–H groups in total. The zero-order valence-electron chi connectivity index (χ0n) is 18.7. The lowest BCUT2D eigenvalue weighted by molar-refractivity contribution is -0.121. The zero-order valence-corrected chi connectivity index (χ0v) is 19.5. The maximum absolute atomic E-state index is 13.0. The summed E-state index contributed by atoms with van der Waals surface area (Å²) in [6.45, 7) is 1.97. The summed E-state index contributed by atoms with van der Waals surface area (Å²) in [7, 11) is 0. The third-order valence-corrected chi connectivity index (χ3v) is 6.44. The summed E-state index contributed by atoms with van der Waals surface area (Å²) in [5.41, 5.74) is 1.61. The van der Waals surface area contributed by atoms with E-state index in [1.54, 1.807) is 43.3 Å². The molecule has 0 aliphatic carbocycles. The SMILES string of the molecule is CCOC(=O)c1ccc(N2C(=O)CC(Sc3ccc(NC(=O)c4ccc(F)cc4)cc3)C2=O)cc1. The van der Waals surface area contributed by atoms with Gasteiger partial charge in [-0.3, -0.25) is 14.4 Å². The summed E-state index contributed by atoms with van der Waals surface area (Å²) in [5, 5.41) is 2.14. The average molecular weight is 493 g/mol. The molecule has 1 saturated heterocycles. The molecule has 7 nitrogen and oxygen atoms in total. The van der Waals surface area contributed by atoms with Gasteiger partial charge in [-0.2, -0.15) is 0 Å². The number of benzene rings is 3. The Kier molecular flexibility index (Phi) is 7.26. The van der Waals surface area contributed by atoms with E-state index in [1.165, 1.54) is 48.2 Å². The Balaban J connectivity index is 1.38. The van der Waals surface area contributed by atoms with Gasteiger partial charge in [0.2, 0.25) is 11.8 Å². The van der Waals surface area contributed by atoms with Gasteiger partial charge < -0.3 is 10.1 Å². The number of esters is 1. The smallest absolute Gasteiger partial charge is 0.338 e. The van der Waals surface area contributed by atoms with Crippen LogP contribution in [0, 0.1) is 5.82 Å². The molecule has 35 heavy (non-hydrogen) atoms. The highest BCUT2D eigenvalue weighted by Gasteiger charge is 2.40. The minimum absolute atomic E-state index is 0.0478. The van der Waals surface area contributed by atoms with Crippen LogP contribution in [-0.2, 0) is 14.3 Å². The first-order valence-corrected chi connectivity index (χ1v) is 11.7. The molecule has 1 heterocycles. The van der Waals surface area contributed by atoms with Gasteiger partial charge in [0.15, 0.2) is 0 Å². The first kappa shape index (κ1) is 24.2. The van der Waals surface area contributed by atoms with Crippen LogP contribution in [0.25, 0.3) is 0 Å². The number of hydrogen-bond donors (Lipinski definition) is 1. The number of thioether (sulfide) groups is 1. The predicted molar refractivity (Wildman–Crippen MR) is 130 cm³/mol. The fourth-order valence-electron chi connectivity index (χ4n) is 3.51. The third kappa shape index (κ3) is 5.58. The monoisotopic (exact) mass is 492 g/mol. The van der Waals surface area contributed by atoms with Crippen molar-refractivity contribution in [2.75, 3.05) is 16.8 Å². The fraction of sp³-hybridized carbons (Fsp3) is 0.154. The molecule has 0 spiro atoms. The van der Waals surface area contributed by atoms with Gasteiger partial charge in [0.25, 0.3) is 5.91 Å². The highest BCUT2D eigenvalue weighted by molar-refractivity contribution is 8.00. The normalized spacial score (nSPS) is 15.3. The van der Waals surface area contributed by atoms with Gasteiger partial charge >= 0.3 is 5.97 Å². The van der Waals surface area contributed by atoms with Crippen LogP contribution in [0.1, 0.15) is 34.1 Å². The lowest BCUT2D eigenvalue weighted by Gasteiger charge is -2.15. The van der Waals surface area contributed by atoms with E-state index in [1.807, 2.05) is 0 Å². The van der Waals surface area contributed by atoms with Crippen molar-refractivity contribution in [1.29, 1.82) is 0 Å². The second-order valence-corrected chi connectivity index (χ2v) is 8.91. The van der Waals surface area contributed by atoms with Gasteiger partial charge in [0.05, 0.1) is 23.1 Å². The molecule has 1 fully saturated rings. The van der Waals surface area contributed by atoms with Crippen LogP contribution < -0.4 is 10.2 Å². The molecular weight excluding hydrogens is 471 g/mol. The number of amides is 3. The topological polar surface area (TPSA) is 92.8 Å². The highest BCUT2D eigenvalue weighted by Crippen LogP contribution is 2.34. The molecule has 0 bridgehead atoms. The number of rotatable bonds is 7. The van der Waals surface area contributed by atoms with Crippen LogP contribution in [0.4, 0.5) is 15.8 Å². The number of halogens is 1. The van der Waals surface area contributed by atoms with Crippen molar-refractivity contribution in [2.24, 2.45) is 0 Å². The number of carbonyl (C=O) groups is 4. The fourth-order valence-corrected chi connectivity index (χ4v) is 4.57. The molecular formula is C26H21FN2O5S. The van der Waals surface area contributed by atoms with E-state index in [2.05, 4.69) is 5.32 Å². The second-order valence-electron chi connectivity index (χ2n) is 7.63. The lowest BCUT2D eigenvalue weighted by atomic mass is 10.2. The Labute approximate surface area is 205 Å². The van der Waals surface area contributed by atoms with E-state index in [9.17, 15) is 23.6 Å². The maximum atomic E-state index is 13.0. The first-order chi connectivity index (χ1) is 16.9. The number of carbonyl (C=O) groups excluding carboxylic acids is 4. The van der Waals surface area contributed by atoms with E-state index in [0.717, 1.165) is 9.80 Å². The van der Waals surface area contributed by atoms with Gasteiger partial charge in [-0.25, -0.2) is 14.1 Å². The Morgan fingerprint density at radius 2 is 1.60 bits per heavy atom. The number of imide groups is 1. The molecule has 3 amide bonds. The largest absolute Gasteiger partial charge is 0.462 e. The Hall–Kier alpha value is -3.98. The minimum Gasteiger partial charge on any atom is -0.462 e. The molecule has 3 aromatic carbocycles. The van der Waals surface area contributed by atoms with E-state index < -0.39 is 17.0 Å².